The van der Waals surface area contributed by atoms with Gasteiger partial charge in [-0.05, 0) is 23.8 Å². The Hall–Kier alpha value is -3.56. The Balaban J connectivity index is 2.26. The first-order valence-electron chi connectivity index (χ1n) is 8.88. The first-order valence-corrected chi connectivity index (χ1v) is 8.88. The van der Waals surface area contributed by atoms with Crippen molar-refractivity contribution >= 4 is 30.0 Å². The zero-order chi connectivity index (χ0) is 22.3. The average Bonchev–Trinajstić information content (AvgIpc) is 2.91. The van der Waals surface area contributed by atoms with Crippen LogP contribution < -0.4 is 4.74 Å². The average molecular weight is 422 g/mol. The van der Waals surface area contributed by atoms with Gasteiger partial charge >= 0.3 is 23.9 Å². The predicted octanol–water partition coefficient (Wildman–Crippen LogP) is 1.14. The zero-order valence-electron chi connectivity index (χ0n) is 16.7. The summed E-state index contributed by atoms with van der Waals surface area (Å²) in [6, 6.07) is 4.40. The maximum absolute atomic E-state index is 12.4. The van der Waals surface area contributed by atoms with Crippen molar-refractivity contribution in [1.82, 2.24) is 0 Å². The van der Waals surface area contributed by atoms with E-state index >= 15 is 0 Å². The van der Waals surface area contributed by atoms with E-state index < -0.39 is 42.0 Å². The minimum absolute atomic E-state index is 0.0705. The molecule has 1 aromatic carbocycles. The van der Waals surface area contributed by atoms with Crippen LogP contribution in [0.25, 0.3) is 6.08 Å². The fourth-order valence-corrected chi connectivity index (χ4v) is 2.92. The van der Waals surface area contributed by atoms with Gasteiger partial charge in [0, 0.05) is 25.3 Å². The lowest BCUT2D eigenvalue weighted by molar-refractivity contribution is -0.184. The fourth-order valence-electron chi connectivity index (χ4n) is 2.92. The van der Waals surface area contributed by atoms with E-state index in [1.165, 1.54) is 31.4 Å². The summed E-state index contributed by atoms with van der Waals surface area (Å²) in [6.45, 7) is 0. The van der Waals surface area contributed by atoms with Crippen molar-refractivity contribution in [3.8, 4) is 11.5 Å². The van der Waals surface area contributed by atoms with Gasteiger partial charge in [0.15, 0.2) is 11.5 Å². The first-order chi connectivity index (χ1) is 14.2. The minimum Gasteiger partial charge on any atom is -0.504 e. The maximum Gasteiger partial charge on any atom is 0.350 e. The van der Waals surface area contributed by atoms with Gasteiger partial charge in [-0.25, -0.2) is 14.4 Å². The fraction of sp³-hybridized carbons (Fsp3) is 0.400. The number of hydrogen-bond donors (Lipinski definition) is 1. The van der Waals surface area contributed by atoms with Gasteiger partial charge in [0.25, 0.3) is 0 Å². The van der Waals surface area contributed by atoms with Crippen molar-refractivity contribution in [3.63, 3.8) is 0 Å². The standard InChI is InChI=1S/C20H22O10/c1-26-14-10-12(4-6-13(14)21)5-7-17(23)30-20(19(25)28-3)9-8-16(22)29-15(11-20)18(24)27-2/h4-7,10,15,21H,8-9,11H2,1-3H3/t15-,20+/m1/s1. The number of esters is 4. The van der Waals surface area contributed by atoms with Crippen LogP contribution in [0.3, 0.4) is 0 Å². The molecule has 0 unspecified atom stereocenters. The molecule has 1 fully saturated rings. The van der Waals surface area contributed by atoms with Gasteiger partial charge in [-0.3, -0.25) is 4.79 Å². The van der Waals surface area contributed by atoms with E-state index in [-0.39, 0.29) is 24.3 Å². The molecule has 0 radical (unpaired) electrons. The van der Waals surface area contributed by atoms with Gasteiger partial charge in [-0.15, -0.1) is 0 Å². The number of phenolic OH excluding ortho intramolecular Hbond substituents is 1. The summed E-state index contributed by atoms with van der Waals surface area (Å²) in [6.07, 6.45) is 0.0722. The van der Waals surface area contributed by atoms with Gasteiger partial charge in [-0.2, -0.15) is 0 Å². The second kappa shape index (κ2) is 9.77. The summed E-state index contributed by atoms with van der Waals surface area (Å²) in [5.74, 6) is -3.33. The molecule has 0 bridgehead atoms. The molecule has 10 nitrogen and oxygen atoms in total. The third-order valence-corrected chi connectivity index (χ3v) is 4.45. The smallest absolute Gasteiger partial charge is 0.350 e. The third-order valence-electron chi connectivity index (χ3n) is 4.45. The monoisotopic (exact) mass is 422 g/mol. The number of rotatable bonds is 6. The second-order valence-corrected chi connectivity index (χ2v) is 6.38. The van der Waals surface area contributed by atoms with Crippen LogP contribution in [0, 0.1) is 0 Å². The predicted molar refractivity (Wildman–Crippen MR) is 100 cm³/mol. The van der Waals surface area contributed by atoms with Crippen LogP contribution in [0.1, 0.15) is 24.8 Å². The number of cyclic esters (lactones) is 1. The van der Waals surface area contributed by atoms with Crippen molar-refractivity contribution in [2.45, 2.75) is 31.0 Å². The van der Waals surface area contributed by atoms with E-state index in [9.17, 15) is 24.3 Å². The highest BCUT2D eigenvalue weighted by atomic mass is 16.6. The van der Waals surface area contributed by atoms with Crippen LogP contribution >= 0.6 is 0 Å². The van der Waals surface area contributed by atoms with Gasteiger partial charge in [0.1, 0.15) is 0 Å². The number of ether oxygens (including phenoxy) is 5. The topological polar surface area (TPSA) is 135 Å². The molecule has 0 spiro atoms. The summed E-state index contributed by atoms with van der Waals surface area (Å²) in [5.41, 5.74) is -1.39. The Bertz CT molecular complexity index is 859. The van der Waals surface area contributed by atoms with E-state index in [2.05, 4.69) is 4.74 Å². The lowest BCUT2D eigenvalue weighted by atomic mass is 9.91. The minimum atomic E-state index is -1.91. The number of carbonyl (C=O) groups excluding carboxylic acids is 4. The van der Waals surface area contributed by atoms with Gasteiger partial charge in [-0.1, -0.05) is 6.07 Å². The molecule has 0 aromatic heterocycles. The molecule has 1 aliphatic rings. The Morgan fingerprint density at radius 1 is 1.20 bits per heavy atom. The Morgan fingerprint density at radius 3 is 2.57 bits per heavy atom. The zero-order valence-corrected chi connectivity index (χ0v) is 16.7. The molecule has 2 rings (SSSR count). The maximum atomic E-state index is 12.4. The largest absolute Gasteiger partial charge is 0.504 e. The van der Waals surface area contributed by atoms with Crippen LogP contribution in [-0.2, 0) is 38.1 Å². The van der Waals surface area contributed by atoms with Crippen molar-refractivity contribution in [1.29, 1.82) is 0 Å². The normalized spacial score (nSPS) is 21.3. The highest BCUT2D eigenvalue weighted by molar-refractivity contribution is 5.92. The molecule has 1 aromatic rings. The molecule has 30 heavy (non-hydrogen) atoms. The molecule has 10 heteroatoms. The van der Waals surface area contributed by atoms with E-state index in [0.29, 0.717) is 5.56 Å². The Morgan fingerprint density at radius 2 is 1.93 bits per heavy atom. The highest BCUT2D eigenvalue weighted by Crippen LogP contribution is 2.32. The molecule has 0 amide bonds. The van der Waals surface area contributed by atoms with Crippen molar-refractivity contribution in [3.05, 3.63) is 29.8 Å². The SMILES string of the molecule is COC(=O)[C@H]1C[C@](OC(=O)C=Cc2ccc(O)c(OC)c2)(C(=O)OC)CCC(=O)O1. The summed E-state index contributed by atoms with van der Waals surface area (Å²) < 4.78 is 24.7. The highest BCUT2D eigenvalue weighted by Gasteiger charge is 2.50. The molecule has 1 aliphatic heterocycles. The van der Waals surface area contributed by atoms with Crippen LogP contribution in [0.2, 0.25) is 0 Å². The van der Waals surface area contributed by atoms with Gasteiger partial charge in [0.2, 0.25) is 11.7 Å². The van der Waals surface area contributed by atoms with E-state index in [0.717, 1.165) is 20.3 Å². The summed E-state index contributed by atoms with van der Waals surface area (Å²) in [7, 11) is 3.57. The Labute approximate surface area is 172 Å². The molecule has 2 atom stereocenters. The second-order valence-electron chi connectivity index (χ2n) is 6.38. The number of aromatic hydroxyl groups is 1. The number of hydrogen-bond acceptors (Lipinski definition) is 10. The number of methoxy groups -OCH3 is 3. The molecule has 1 saturated heterocycles. The van der Waals surface area contributed by atoms with E-state index in [1.54, 1.807) is 0 Å². The summed E-state index contributed by atoms with van der Waals surface area (Å²) in [4.78, 5) is 48.6. The third kappa shape index (κ3) is 5.28. The van der Waals surface area contributed by atoms with Crippen LogP contribution in [-0.4, -0.2) is 62.0 Å². The lowest BCUT2D eigenvalue weighted by Crippen LogP contribution is -2.47. The van der Waals surface area contributed by atoms with Crippen LogP contribution in [0.15, 0.2) is 24.3 Å². The summed E-state index contributed by atoms with van der Waals surface area (Å²) in [5, 5.41) is 9.62. The van der Waals surface area contributed by atoms with Crippen molar-refractivity contribution < 1.29 is 48.0 Å². The molecule has 1 heterocycles. The first kappa shape index (κ1) is 22.7. The number of carbonyl (C=O) groups is 4. The van der Waals surface area contributed by atoms with Crippen molar-refractivity contribution in [2.24, 2.45) is 0 Å². The quantitative estimate of drug-likeness (QED) is 0.404. The molecular formula is C20H22O10. The van der Waals surface area contributed by atoms with E-state index in [1.807, 2.05) is 0 Å². The van der Waals surface area contributed by atoms with Crippen LogP contribution in [0.4, 0.5) is 0 Å². The number of benzene rings is 1. The lowest BCUT2D eigenvalue weighted by Gasteiger charge is -2.29. The molecule has 0 saturated carbocycles. The van der Waals surface area contributed by atoms with Crippen LogP contribution in [0.5, 0.6) is 11.5 Å². The molecule has 1 N–H and O–H groups in total. The van der Waals surface area contributed by atoms with Crippen molar-refractivity contribution in [2.75, 3.05) is 21.3 Å². The molecule has 162 valence electrons. The van der Waals surface area contributed by atoms with E-state index in [4.69, 9.17) is 18.9 Å². The van der Waals surface area contributed by atoms with Gasteiger partial charge in [0.05, 0.1) is 21.3 Å². The molecule has 0 aliphatic carbocycles. The number of phenols is 1. The van der Waals surface area contributed by atoms with Gasteiger partial charge < -0.3 is 28.8 Å². The Kier molecular flexibility index (Phi) is 7.40. The summed E-state index contributed by atoms with van der Waals surface area (Å²) >= 11 is 0. The molecular weight excluding hydrogens is 400 g/mol.